The van der Waals surface area contributed by atoms with Crippen molar-refractivity contribution >= 4 is 118 Å². The minimum atomic E-state index is -1.57. The van der Waals surface area contributed by atoms with Crippen LogP contribution < -0.4 is 126 Å². The number of primary amides is 1. The average molecular weight is 1790 g/mol. The second-order valence-electron chi connectivity index (χ2n) is 33.2. The summed E-state index contributed by atoms with van der Waals surface area (Å²) in [5, 5.41) is 43.5. The highest BCUT2D eigenvalue weighted by Crippen LogP contribution is 2.27. The topological polar surface area (TPSA) is 771 Å². The number of carbonyl (C=O) groups is 17. The average Bonchev–Trinajstić information content (AvgIpc) is 1.61. The number of likely N-dealkylation sites (tertiary alicyclic amines) is 2. The summed E-state index contributed by atoms with van der Waals surface area (Å²) in [7, 11) is 0. The van der Waals surface area contributed by atoms with Gasteiger partial charge in [-0.15, -0.1) is 0 Å². The second-order valence-corrected chi connectivity index (χ2v) is 33.2. The molecule has 714 valence electrons. The summed E-state index contributed by atoms with van der Waals surface area (Å²) >= 11 is 0. The third kappa shape index (κ3) is 40.3. The molecule has 0 spiro atoms. The molecule has 16 atom stereocenters. The van der Waals surface area contributed by atoms with Gasteiger partial charge < -0.3 is 141 Å². The number of carboxylic acids is 1. The molecule has 2 heterocycles. The first-order chi connectivity index (χ1) is 59.3. The van der Waals surface area contributed by atoms with E-state index < -0.39 is 235 Å². The molecule has 2 saturated heterocycles. The molecule has 0 saturated carbocycles. The van der Waals surface area contributed by atoms with E-state index in [0.717, 1.165) is 0 Å². The van der Waals surface area contributed by atoms with Gasteiger partial charge in [-0.2, -0.15) is 0 Å². The summed E-state index contributed by atoms with van der Waals surface area (Å²) in [6, 6.07) is -17.8. The summed E-state index contributed by atoms with van der Waals surface area (Å²) in [4.78, 5) is 250. The van der Waals surface area contributed by atoms with Crippen LogP contribution in [-0.2, 0) is 81.5 Å². The zero-order valence-corrected chi connectivity index (χ0v) is 75.1. The van der Waals surface area contributed by atoms with Crippen LogP contribution >= 0.6 is 0 Å². The summed E-state index contributed by atoms with van der Waals surface area (Å²) in [6.45, 7) is 17.6. The lowest BCUT2D eigenvalue weighted by atomic mass is 9.96. The fourth-order valence-electron chi connectivity index (χ4n) is 14.0. The van der Waals surface area contributed by atoms with Crippen molar-refractivity contribution in [3.05, 3.63) is 0 Å². The lowest BCUT2D eigenvalue weighted by molar-refractivity contribution is -0.147. The van der Waals surface area contributed by atoms with E-state index >= 15 is 0 Å². The number of nitrogens with zero attached hydrogens (tertiary/aromatic N) is 5. The minimum absolute atomic E-state index is 0.00172. The van der Waals surface area contributed by atoms with Crippen LogP contribution in [0.2, 0.25) is 0 Å². The number of aliphatic imine (C=N–C) groups is 3. The standard InChI is InChI=1S/C80H146N28O18/c1-12-45(9)62(105-70(118)53(30-31-57(84)109)98-58(110)40-94-65(113)54(39-42(3)4)102-68(116)51(25-15-17-33-82)101-71(119)55-28-21-37-107(55)76(124)56-29-22-38-108(56)75(123)48(83)23-18-34-91-78(85)86)72(120)95-41-59(111)97-49(26-19-35-92-79(87)88)66(114)96-47(11)64(112)99-50(24-14-16-32-81)67(115)100-52(27-20-36-93-80(89)90)69(117)103-60(43(5)6)73(121)104-61(44(7)8)74(122)106-63(77(125)126)46(10)13-2/h42-56,60-63H,12-41,81-83H2,1-11H3,(H2,84,109)(H,94,113)(H,95,120)(H,96,114)(H,97,111)(H,98,110)(H,99,112)(H,100,115)(H,101,119)(H,102,116)(H,103,117)(H,104,121)(H,105,118)(H,106,122)(H,125,126)(H4,85,86,91)(H4,87,88,92)(H4,89,90,93)/t45-,46-,47-,48-,49-,50-,51-,52-,53-,54-,55-,56-,60-,61-,62-,63-/m0/s1. The Labute approximate surface area is 737 Å². The van der Waals surface area contributed by atoms with E-state index in [9.17, 15) is 86.6 Å². The molecule has 16 amide bonds. The molecule has 2 aliphatic heterocycles. The highest BCUT2D eigenvalue weighted by molar-refractivity contribution is 6.01. The van der Waals surface area contributed by atoms with Gasteiger partial charge in [0.15, 0.2) is 17.9 Å². The maximum atomic E-state index is 14.4. The quantitative estimate of drug-likeness (QED) is 0.0153. The van der Waals surface area contributed by atoms with Crippen molar-refractivity contribution in [3.8, 4) is 0 Å². The van der Waals surface area contributed by atoms with Crippen LogP contribution in [0, 0.1) is 29.6 Å². The van der Waals surface area contributed by atoms with Crippen molar-refractivity contribution in [2.45, 2.75) is 296 Å². The zero-order chi connectivity index (χ0) is 95.2. The van der Waals surface area contributed by atoms with E-state index in [1.807, 2.05) is 0 Å². The van der Waals surface area contributed by atoms with Gasteiger partial charge in [0, 0.05) is 39.1 Å². The van der Waals surface area contributed by atoms with Crippen LogP contribution in [0.1, 0.15) is 211 Å². The summed E-state index contributed by atoms with van der Waals surface area (Å²) in [6.07, 6.45) is 3.56. The number of aliphatic carboxylic acids is 1. The highest BCUT2D eigenvalue weighted by Gasteiger charge is 2.45. The number of carbonyl (C=O) groups excluding carboxylic acids is 16. The van der Waals surface area contributed by atoms with Crippen LogP contribution in [0.25, 0.3) is 0 Å². The van der Waals surface area contributed by atoms with Crippen molar-refractivity contribution < 1.29 is 86.6 Å². The number of nitrogens with two attached hydrogens (primary N) is 10. The Morgan fingerprint density at radius 1 is 0.397 bits per heavy atom. The van der Waals surface area contributed by atoms with E-state index in [0.29, 0.717) is 51.4 Å². The summed E-state index contributed by atoms with van der Waals surface area (Å²) in [5.74, 6) is -17.3. The van der Waals surface area contributed by atoms with Gasteiger partial charge in [-0.3, -0.25) is 91.7 Å². The van der Waals surface area contributed by atoms with Crippen LogP contribution in [0.4, 0.5) is 0 Å². The molecule has 0 radical (unpaired) electrons. The van der Waals surface area contributed by atoms with Crippen LogP contribution in [0.5, 0.6) is 0 Å². The Bertz CT molecular complexity index is 3710. The number of nitrogens with one attached hydrogen (secondary N) is 13. The Morgan fingerprint density at radius 3 is 1.23 bits per heavy atom. The number of hydrogen-bond acceptors (Lipinski definition) is 23. The van der Waals surface area contributed by atoms with Gasteiger partial charge in [0.25, 0.3) is 0 Å². The number of guanidine groups is 3. The number of rotatable bonds is 60. The second kappa shape index (κ2) is 58.1. The lowest BCUT2D eigenvalue weighted by Crippen LogP contribution is -2.61. The molecule has 126 heavy (non-hydrogen) atoms. The first-order valence-electron chi connectivity index (χ1n) is 43.7. The molecule has 2 aliphatic rings. The molecule has 2 rings (SSSR count). The van der Waals surface area contributed by atoms with Crippen molar-refractivity contribution in [2.24, 2.45) is 102 Å². The fourth-order valence-corrected chi connectivity index (χ4v) is 14.0. The van der Waals surface area contributed by atoms with Gasteiger partial charge in [-0.05, 0) is 165 Å². The van der Waals surface area contributed by atoms with E-state index in [1.54, 1.807) is 69.2 Å². The molecule has 2 fully saturated rings. The Morgan fingerprint density at radius 2 is 0.778 bits per heavy atom. The SMILES string of the molecule is CC[C@H](C)[C@H](NC(=O)[C@@H](NC(=O)[C@@H](NC(=O)[C@H](CCCN=C(N)N)NC(=O)[C@H](CCCCN)NC(=O)[C@H](C)NC(=O)[C@H](CCCN=C(N)N)NC(=O)CNC(=O)[C@@H](NC(=O)[C@H](CCC(N)=O)NC(=O)CNC(=O)[C@H](CC(C)C)NC(=O)[C@H](CCCCN)NC(=O)[C@@H]1CCCN1C(=O)[C@@H]1CCCN1C(=O)[C@@H](N)CCCN=C(N)N)[C@@H](C)CC)C(C)C)C(C)C)C(=O)O. The molecule has 46 nitrogen and oxygen atoms in total. The number of hydrogen-bond donors (Lipinski definition) is 24. The van der Waals surface area contributed by atoms with Crippen LogP contribution in [0.15, 0.2) is 15.0 Å². The summed E-state index contributed by atoms with van der Waals surface area (Å²) < 4.78 is 0. The van der Waals surface area contributed by atoms with Crippen molar-refractivity contribution in [1.29, 1.82) is 0 Å². The zero-order valence-electron chi connectivity index (χ0n) is 75.1. The van der Waals surface area contributed by atoms with Gasteiger partial charge in [0.2, 0.25) is 94.5 Å². The molecule has 0 aliphatic carbocycles. The van der Waals surface area contributed by atoms with E-state index in [-0.39, 0.29) is 140 Å². The minimum Gasteiger partial charge on any atom is -0.480 e. The number of carboxylic acid groups (broad SMARTS) is 1. The number of amides is 16. The fraction of sp³-hybridized carbons (Fsp3) is 0.750. The Balaban J connectivity index is 2.34. The monoisotopic (exact) mass is 1790 g/mol. The molecular weight excluding hydrogens is 1640 g/mol. The highest BCUT2D eigenvalue weighted by atomic mass is 16.4. The molecule has 0 aromatic heterocycles. The van der Waals surface area contributed by atoms with Gasteiger partial charge >= 0.3 is 5.97 Å². The molecular formula is C80H146N28O18. The molecule has 34 N–H and O–H groups in total. The Hall–Kier alpha value is -11.3. The Kier molecular flexibility index (Phi) is 51.0. The first-order valence-corrected chi connectivity index (χ1v) is 43.7. The molecule has 0 aromatic carbocycles. The third-order valence-corrected chi connectivity index (χ3v) is 21.6. The lowest BCUT2D eigenvalue weighted by Gasteiger charge is -2.32. The predicted octanol–water partition coefficient (Wildman–Crippen LogP) is -6.90. The molecule has 46 heteroatoms. The maximum absolute atomic E-state index is 14.4. The third-order valence-electron chi connectivity index (χ3n) is 21.6. The normalized spacial score (nSPS) is 17.0. The van der Waals surface area contributed by atoms with Crippen molar-refractivity contribution in [1.82, 2.24) is 78.9 Å². The van der Waals surface area contributed by atoms with Gasteiger partial charge in [-0.25, -0.2) is 4.79 Å². The molecule has 0 unspecified atom stereocenters. The molecule has 0 bridgehead atoms. The predicted molar refractivity (Wildman–Crippen MR) is 470 cm³/mol. The van der Waals surface area contributed by atoms with Crippen LogP contribution in [-0.4, -0.2) is 277 Å². The van der Waals surface area contributed by atoms with Gasteiger partial charge in [-0.1, -0.05) is 82.1 Å². The largest absolute Gasteiger partial charge is 0.480 e. The number of unbranched alkanes of at least 4 members (excludes halogenated alkanes) is 2. The van der Waals surface area contributed by atoms with Crippen LogP contribution in [0.3, 0.4) is 0 Å². The van der Waals surface area contributed by atoms with E-state index in [1.165, 1.54) is 16.7 Å². The summed E-state index contributed by atoms with van der Waals surface area (Å²) in [5.41, 5.74) is 56.4. The van der Waals surface area contributed by atoms with E-state index in [2.05, 4.69) is 84.1 Å². The van der Waals surface area contributed by atoms with Gasteiger partial charge in [0.05, 0.1) is 19.1 Å². The smallest absolute Gasteiger partial charge is 0.326 e. The van der Waals surface area contributed by atoms with Crippen molar-refractivity contribution in [3.63, 3.8) is 0 Å². The van der Waals surface area contributed by atoms with Crippen molar-refractivity contribution in [2.75, 3.05) is 58.9 Å². The molecule has 0 aromatic rings. The first kappa shape index (κ1) is 111. The van der Waals surface area contributed by atoms with Gasteiger partial charge in [0.1, 0.15) is 78.5 Å². The van der Waals surface area contributed by atoms with E-state index in [4.69, 9.17) is 57.3 Å². The maximum Gasteiger partial charge on any atom is 0.326 e.